The molecule has 0 spiro atoms. The van der Waals surface area contributed by atoms with Gasteiger partial charge in [0, 0.05) is 17.3 Å². The lowest BCUT2D eigenvalue weighted by molar-refractivity contribution is 0.112. The third kappa shape index (κ3) is 2.26. The first-order chi connectivity index (χ1) is 9.78. The van der Waals surface area contributed by atoms with Gasteiger partial charge in [0.1, 0.15) is 6.29 Å². The Morgan fingerprint density at radius 2 is 1.85 bits per heavy atom. The summed E-state index contributed by atoms with van der Waals surface area (Å²) in [5.74, 6) is 0. The Morgan fingerprint density at radius 1 is 1.05 bits per heavy atom. The molecule has 0 fully saturated rings. The topological polar surface area (TPSA) is 34.9 Å². The van der Waals surface area contributed by atoms with Crippen molar-refractivity contribution in [2.24, 2.45) is 0 Å². The first kappa shape index (κ1) is 12.4. The van der Waals surface area contributed by atoms with Gasteiger partial charge in [0.25, 0.3) is 0 Å². The van der Waals surface area contributed by atoms with Crippen LogP contribution in [0.3, 0.4) is 0 Å². The third-order valence-electron chi connectivity index (χ3n) is 3.31. The quantitative estimate of drug-likeness (QED) is 0.675. The molecule has 20 heavy (non-hydrogen) atoms. The van der Waals surface area contributed by atoms with Gasteiger partial charge in [-0.3, -0.25) is 4.79 Å². The molecule has 0 aliphatic heterocycles. The smallest absolute Gasteiger partial charge is 0.150 e. The van der Waals surface area contributed by atoms with Crippen molar-refractivity contribution in [3.8, 4) is 16.8 Å². The van der Waals surface area contributed by atoms with Crippen LogP contribution in [0.15, 0.2) is 60.9 Å². The molecule has 0 atom stereocenters. The van der Waals surface area contributed by atoms with Crippen molar-refractivity contribution in [2.45, 2.75) is 6.92 Å². The van der Waals surface area contributed by atoms with Crippen molar-refractivity contribution in [3.05, 3.63) is 72.1 Å². The van der Waals surface area contributed by atoms with Crippen LogP contribution in [0.4, 0.5) is 0 Å². The summed E-state index contributed by atoms with van der Waals surface area (Å²) in [6.45, 7) is 2.01. The maximum absolute atomic E-state index is 10.9. The van der Waals surface area contributed by atoms with Gasteiger partial charge in [-0.05, 0) is 24.1 Å². The molecule has 1 aromatic heterocycles. The fourth-order valence-electron chi connectivity index (χ4n) is 2.18. The molecule has 0 saturated carbocycles. The second-order valence-corrected chi connectivity index (χ2v) is 4.70. The number of nitrogens with zero attached hydrogens (tertiary/aromatic N) is 2. The van der Waals surface area contributed by atoms with Gasteiger partial charge in [0.2, 0.25) is 0 Å². The summed E-state index contributed by atoms with van der Waals surface area (Å²) in [7, 11) is 0. The Kier molecular flexibility index (Phi) is 3.17. The van der Waals surface area contributed by atoms with Gasteiger partial charge in [0.15, 0.2) is 0 Å². The van der Waals surface area contributed by atoms with Crippen LogP contribution in [-0.4, -0.2) is 16.1 Å². The SMILES string of the molecule is Cc1ccc(C=O)cc1-n1cc(-c2ccccc2)cn1. The van der Waals surface area contributed by atoms with Crippen LogP contribution < -0.4 is 0 Å². The van der Waals surface area contributed by atoms with E-state index in [2.05, 4.69) is 17.2 Å². The van der Waals surface area contributed by atoms with E-state index in [9.17, 15) is 4.79 Å². The number of benzene rings is 2. The lowest BCUT2D eigenvalue weighted by Gasteiger charge is -2.06. The maximum Gasteiger partial charge on any atom is 0.150 e. The lowest BCUT2D eigenvalue weighted by Crippen LogP contribution is -1.98. The summed E-state index contributed by atoms with van der Waals surface area (Å²) >= 11 is 0. The highest BCUT2D eigenvalue weighted by Gasteiger charge is 2.06. The number of carbonyl (C=O) groups excluding carboxylic acids is 1. The summed E-state index contributed by atoms with van der Waals surface area (Å²) < 4.78 is 1.81. The van der Waals surface area contributed by atoms with E-state index in [1.807, 2.05) is 60.4 Å². The van der Waals surface area contributed by atoms with Crippen LogP contribution in [-0.2, 0) is 0 Å². The molecular formula is C17H14N2O. The van der Waals surface area contributed by atoms with Crippen LogP contribution >= 0.6 is 0 Å². The molecule has 2 aromatic carbocycles. The summed E-state index contributed by atoms with van der Waals surface area (Å²) in [4.78, 5) is 10.9. The molecule has 0 radical (unpaired) electrons. The number of carbonyl (C=O) groups is 1. The molecule has 0 bridgehead atoms. The second kappa shape index (κ2) is 5.13. The van der Waals surface area contributed by atoms with Crippen LogP contribution in [0.1, 0.15) is 15.9 Å². The molecule has 98 valence electrons. The Bertz CT molecular complexity index is 745. The second-order valence-electron chi connectivity index (χ2n) is 4.70. The van der Waals surface area contributed by atoms with E-state index in [0.717, 1.165) is 28.7 Å². The highest BCUT2D eigenvalue weighted by atomic mass is 16.1. The normalized spacial score (nSPS) is 10.4. The molecule has 1 heterocycles. The molecule has 3 rings (SSSR count). The van der Waals surface area contributed by atoms with Crippen molar-refractivity contribution in [3.63, 3.8) is 0 Å². The summed E-state index contributed by atoms with van der Waals surface area (Å²) in [6, 6.07) is 15.7. The summed E-state index contributed by atoms with van der Waals surface area (Å²) in [6.07, 6.45) is 4.67. The van der Waals surface area contributed by atoms with Crippen molar-refractivity contribution < 1.29 is 4.79 Å². The number of aryl methyl sites for hydroxylation is 1. The Hall–Kier alpha value is -2.68. The van der Waals surface area contributed by atoms with E-state index in [4.69, 9.17) is 0 Å². The predicted octanol–water partition coefficient (Wildman–Crippen LogP) is 3.66. The van der Waals surface area contributed by atoms with Gasteiger partial charge in [-0.25, -0.2) is 4.68 Å². The van der Waals surface area contributed by atoms with Gasteiger partial charge in [-0.15, -0.1) is 0 Å². The first-order valence-electron chi connectivity index (χ1n) is 6.44. The van der Waals surface area contributed by atoms with Gasteiger partial charge in [-0.1, -0.05) is 42.5 Å². The standard InChI is InChI=1S/C17H14N2O/c1-13-7-8-14(12-20)9-17(13)19-11-16(10-18-19)15-5-3-2-4-6-15/h2-12H,1H3. The molecule has 3 nitrogen and oxygen atoms in total. The van der Waals surface area contributed by atoms with Crippen LogP contribution in [0, 0.1) is 6.92 Å². The average molecular weight is 262 g/mol. The molecule has 0 aliphatic rings. The molecule has 0 saturated heterocycles. The lowest BCUT2D eigenvalue weighted by atomic mass is 10.1. The maximum atomic E-state index is 10.9. The van der Waals surface area contributed by atoms with Gasteiger partial charge in [-0.2, -0.15) is 5.10 Å². The van der Waals surface area contributed by atoms with Crippen molar-refractivity contribution >= 4 is 6.29 Å². The third-order valence-corrected chi connectivity index (χ3v) is 3.31. The largest absolute Gasteiger partial charge is 0.298 e. The Balaban J connectivity index is 2.04. The zero-order valence-electron chi connectivity index (χ0n) is 11.2. The van der Waals surface area contributed by atoms with E-state index >= 15 is 0 Å². The monoisotopic (exact) mass is 262 g/mol. The van der Waals surface area contributed by atoms with E-state index < -0.39 is 0 Å². The van der Waals surface area contributed by atoms with Crippen molar-refractivity contribution in [2.75, 3.05) is 0 Å². The summed E-state index contributed by atoms with van der Waals surface area (Å²) in [5.41, 5.74) is 4.85. The van der Waals surface area contributed by atoms with E-state index in [1.165, 1.54) is 0 Å². The van der Waals surface area contributed by atoms with Crippen molar-refractivity contribution in [1.82, 2.24) is 9.78 Å². The minimum Gasteiger partial charge on any atom is -0.298 e. The van der Waals surface area contributed by atoms with E-state index in [-0.39, 0.29) is 0 Å². The van der Waals surface area contributed by atoms with E-state index in [0.29, 0.717) is 5.56 Å². The molecule has 0 amide bonds. The molecule has 3 aromatic rings. The van der Waals surface area contributed by atoms with Gasteiger partial charge >= 0.3 is 0 Å². The highest BCUT2D eigenvalue weighted by Crippen LogP contribution is 2.21. The van der Waals surface area contributed by atoms with Crippen molar-refractivity contribution in [1.29, 1.82) is 0 Å². The fraction of sp³-hybridized carbons (Fsp3) is 0.0588. The van der Waals surface area contributed by atoms with Gasteiger partial charge in [0.05, 0.1) is 11.9 Å². The number of hydrogen-bond acceptors (Lipinski definition) is 2. The number of hydrogen-bond donors (Lipinski definition) is 0. The molecule has 0 N–H and O–H groups in total. The minimum absolute atomic E-state index is 0.655. The summed E-state index contributed by atoms with van der Waals surface area (Å²) in [5, 5.41) is 4.40. The zero-order valence-corrected chi connectivity index (χ0v) is 11.2. The van der Waals surface area contributed by atoms with Crippen LogP contribution in [0.2, 0.25) is 0 Å². The first-order valence-corrected chi connectivity index (χ1v) is 6.44. The number of rotatable bonds is 3. The minimum atomic E-state index is 0.655. The molecule has 0 aliphatic carbocycles. The van der Waals surface area contributed by atoms with Gasteiger partial charge < -0.3 is 0 Å². The number of aldehydes is 1. The highest BCUT2D eigenvalue weighted by molar-refractivity contribution is 5.76. The zero-order chi connectivity index (χ0) is 13.9. The van der Waals surface area contributed by atoms with Crippen LogP contribution in [0.25, 0.3) is 16.8 Å². The fourth-order valence-corrected chi connectivity index (χ4v) is 2.18. The molecule has 3 heteroatoms. The van der Waals surface area contributed by atoms with Crippen LogP contribution in [0.5, 0.6) is 0 Å². The molecule has 0 unspecified atom stereocenters. The molecular weight excluding hydrogens is 248 g/mol. The Morgan fingerprint density at radius 3 is 2.60 bits per heavy atom. The predicted molar refractivity (Wildman–Crippen MR) is 79.1 cm³/mol. The van der Waals surface area contributed by atoms with E-state index in [1.54, 1.807) is 0 Å². The Labute approximate surface area is 117 Å². The average Bonchev–Trinajstić information content (AvgIpc) is 2.98. The number of aromatic nitrogens is 2.